The number of carbonyl (C=O) groups excluding carboxylic acids is 4. The van der Waals surface area contributed by atoms with Gasteiger partial charge in [-0.3, -0.25) is 23.9 Å². The lowest BCUT2D eigenvalue weighted by Crippen LogP contribution is -2.43. The van der Waals surface area contributed by atoms with Crippen molar-refractivity contribution in [2.24, 2.45) is 0 Å². The Balaban J connectivity index is 1.48. The van der Waals surface area contributed by atoms with E-state index in [1.54, 1.807) is 24.3 Å². The van der Waals surface area contributed by atoms with Crippen LogP contribution in [0.3, 0.4) is 0 Å². The van der Waals surface area contributed by atoms with Gasteiger partial charge >= 0.3 is 0 Å². The van der Waals surface area contributed by atoms with Gasteiger partial charge in [0.15, 0.2) is 5.78 Å². The second kappa shape index (κ2) is 10.2. The first-order valence-corrected chi connectivity index (χ1v) is 11.4. The molecule has 0 bridgehead atoms. The zero-order valence-electron chi connectivity index (χ0n) is 18.9. The fraction of sp³-hybridized carbons (Fsp3) is 0.292. The van der Waals surface area contributed by atoms with Crippen LogP contribution in [-0.4, -0.2) is 51.3 Å². The molecule has 9 nitrogen and oxygen atoms in total. The van der Waals surface area contributed by atoms with E-state index in [-0.39, 0.29) is 53.6 Å². The van der Waals surface area contributed by atoms with Crippen molar-refractivity contribution >= 4 is 52.2 Å². The van der Waals surface area contributed by atoms with Crippen molar-refractivity contribution < 1.29 is 23.6 Å². The number of hydrogen-bond acceptors (Lipinski definition) is 5. The fourth-order valence-corrected chi connectivity index (χ4v) is 4.03. The molecule has 1 aromatic heterocycles. The maximum Gasteiger partial charge on any atom is 0.245 e. The molecule has 0 saturated heterocycles. The first-order chi connectivity index (χ1) is 16.8. The summed E-state index contributed by atoms with van der Waals surface area (Å²) in [6, 6.07) is 9.41. The number of benzene rings is 2. The van der Waals surface area contributed by atoms with E-state index in [1.165, 1.54) is 28.6 Å². The summed E-state index contributed by atoms with van der Waals surface area (Å²) >= 11 is 5.78. The van der Waals surface area contributed by atoms with Crippen LogP contribution in [0.25, 0.3) is 10.9 Å². The highest BCUT2D eigenvalue weighted by molar-refractivity contribution is 6.30. The Labute approximate surface area is 205 Å². The lowest BCUT2D eigenvalue weighted by molar-refractivity contribution is -0.137. The number of fused-ring (bicyclic) bond motifs is 1. The van der Waals surface area contributed by atoms with E-state index in [0.29, 0.717) is 23.0 Å². The van der Waals surface area contributed by atoms with Crippen molar-refractivity contribution in [1.29, 1.82) is 0 Å². The first-order valence-electron chi connectivity index (χ1n) is 11.0. The van der Waals surface area contributed by atoms with Crippen LogP contribution in [0, 0.1) is 5.82 Å². The number of halogens is 2. The van der Waals surface area contributed by atoms with Crippen LogP contribution in [0.15, 0.2) is 36.4 Å². The number of nitrogens with one attached hydrogen (secondary N) is 2. The predicted octanol–water partition coefficient (Wildman–Crippen LogP) is 2.91. The molecule has 1 saturated carbocycles. The number of rotatable bonds is 10. The number of carbonyl (C=O) groups is 4. The standard InChI is InChI=1S/C24H23ClFN5O4/c1-14(33)24-18-9-16(28-13-32)5-8-20(18)31(29-24)12-22(35)30(17-6-7-17)11-21(34)27-10-15-3-2-4-19(25)23(15)26/h2-5,8-9,13,17H,6-7,10-12H2,1H3,(H,27,34)(H,28,32). The van der Waals surface area contributed by atoms with Crippen molar-refractivity contribution in [2.75, 3.05) is 11.9 Å². The third-order valence-electron chi connectivity index (χ3n) is 5.72. The molecule has 2 aromatic carbocycles. The van der Waals surface area contributed by atoms with E-state index < -0.39 is 11.7 Å². The molecule has 4 rings (SSSR count). The maximum absolute atomic E-state index is 14.1. The minimum Gasteiger partial charge on any atom is -0.350 e. The van der Waals surface area contributed by atoms with Gasteiger partial charge in [0.1, 0.15) is 18.1 Å². The molecule has 1 aliphatic rings. The number of nitrogens with zero attached hydrogens (tertiary/aromatic N) is 3. The number of aromatic nitrogens is 2. The third kappa shape index (κ3) is 5.48. The second-order valence-electron chi connectivity index (χ2n) is 8.30. The van der Waals surface area contributed by atoms with Gasteiger partial charge in [0.25, 0.3) is 0 Å². The zero-order chi connectivity index (χ0) is 25.1. The number of ketones is 1. The van der Waals surface area contributed by atoms with Crippen LogP contribution in [0.2, 0.25) is 5.02 Å². The Bertz CT molecular complexity index is 1320. The van der Waals surface area contributed by atoms with Gasteiger partial charge in [-0.25, -0.2) is 4.39 Å². The van der Waals surface area contributed by atoms with Crippen LogP contribution in [0.1, 0.15) is 35.8 Å². The highest BCUT2D eigenvalue weighted by Gasteiger charge is 2.34. The summed E-state index contributed by atoms with van der Waals surface area (Å²) < 4.78 is 15.5. The van der Waals surface area contributed by atoms with E-state index in [4.69, 9.17) is 11.6 Å². The molecular formula is C24H23ClFN5O4. The van der Waals surface area contributed by atoms with Crippen molar-refractivity contribution in [2.45, 2.75) is 38.9 Å². The highest BCUT2D eigenvalue weighted by Crippen LogP contribution is 2.28. The molecule has 182 valence electrons. The summed E-state index contributed by atoms with van der Waals surface area (Å²) in [6.07, 6.45) is 2.09. The van der Waals surface area contributed by atoms with Gasteiger partial charge in [0.05, 0.1) is 17.1 Å². The minimum atomic E-state index is -0.595. The molecule has 35 heavy (non-hydrogen) atoms. The van der Waals surface area contributed by atoms with Crippen LogP contribution in [0.4, 0.5) is 10.1 Å². The number of amides is 3. The van der Waals surface area contributed by atoms with E-state index in [1.807, 2.05) is 0 Å². The second-order valence-corrected chi connectivity index (χ2v) is 8.71. The molecule has 3 amide bonds. The topological polar surface area (TPSA) is 113 Å². The first kappa shape index (κ1) is 24.3. The van der Waals surface area contributed by atoms with Gasteiger partial charge in [-0.15, -0.1) is 0 Å². The molecule has 0 unspecified atom stereocenters. The van der Waals surface area contributed by atoms with Gasteiger partial charge in [-0.2, -0.15) is 5.10 Å². The average Bonchev–Trinajstić information content (AvgIpc) is 3.60. The molecular weight excluding hydrogens is 477 g/mol. The van der Waals surface area contributed by atoms with Crippen molar-refractivity contribution in [3.05, 3.63) is 58.5 Å². The summed E-state index contributed by atoms with van der Waals surface area (Å²) in [7, 11) is 0. The highest BCUT2D eigenvalue weighted by atomic mass is 35.5. The molecule has 11 heteroatoms. The smallest absolute Gasteiger partial charge is 0.245 e. The summed E-state index contributed by atoms with van der Waals surface area (Å²) in [6.45, 7) is 0.965. The Morgan fingerprint density at radius 1 is 1.26 bits per heavy atom. The van der Waals surface area contributed by atoms with Gasteiger partial charge in [-0.1, -0.05) is 23.7 Å². The molecule has 1 aliphatic carbocycles. The number of Topliss-reactive ketones (excluding diaryl/α,β-unsaturated/α-hetero) is 1. The molecule has 3 aromatic rings. The average molecular weight is 500 g/mol. The summed E-state index contributed by atoms with van der Waals surface area (Å²) in [5.41, 5.74) is 1.48. The molecule has 2 N–H and O–H groups in total. The normalized spacial score (nSPS) is 12.9. The quantitative estimate of drug-likeness (QED) is 0.329. The minimum absolute atomic E-state index is 0.0306. The largest absolute Gasteiger partial charge is 0.350 e. The van der Waals surface area contributed by atoms with Crippen LogP contribution < -0.4 is 10.6 Å². The van der Waals surface area contributed by atoms with Crippen molar-refractivity contribution in [3.8, 4) is 0 Å². The van der Waals surface area contributed by atoms with E-state index >= 15 is 0 Å². The van der Waals surface area contributed by atoms with Crippen molar-refractivity contribution in [3.63, 3.8) is 0 Å². The van der Waals surface area contributed by atoms with Crippen LogP contribution >= 0.6 is 11.6 Å². The molecule has 1 fully saturated rings. The van der Waals surface area contributed by atoms with Gasteiger partial charge in [-0.05, 0) is 37.1 Å². The number of hydrogen-bond donors (Lipinski definition) is 2. The lowest BCUT2D eigenvalue weighted by Gasteiger charge is -2.22. The van der Waals surface area contributed by atoms with E-state index in [2.05, 4.69) is 15.7 Å². The zero-order valence-corrected chi connectivity index (χ0v) is 19.6. The fourth-order valence-electron chi connectivity index (χ4n) is 3.83. The van der Waals surface area contributed by atoms with Crippen molar-refractivity contribution in [1.82, 2.24) is 20.0 Å². The van der Waals surface area contributed by atoms with Crippen LogP contribution in [0.5, 0.6) is 0 Å². The Morgan fingerprint density at radius 2 is 2.03 bits per heavy atom. The monoisotopic (exact) mass is 499 g/mol. The summed E-state index contributed by atoms with van der Waals surface area (Å²) in [5, 5.41) is 9.96. The molecule has 0 aliphatic heterocycles. The van der Waals surface area contributed by atoms with Gasteiger partial charge in [0, 0.05) is 36.1 Å². The van der Waals surface area contributed by atoms with Gasteiger partial charge in [0.2, 0.25) is 18.2 Å². The predicted molar refractivity (Wildman–Crippen MR) is 127 cm³/mol. The Morgan fingerprint density at radius 3 is 2.71 bits per heavy atom. The molecule has 0 radical (unpaired) electrons. The summed E-state index contributed by atoms with van der Waals surface area (Å²) in [5.74, 6) is -1.63. The number of anilines is 1. The van der Waals surface area contributed by atoms with E-state index in [0.717, 1.165) is 12.8 Å². The summed E-state index contributed by atoms with van der Waals surface area (Å²) in [4.78, 5) is 50.1. The Hall–Kier alpha value is -3.79. The lowest BCUT2D eigenvalue weighted by atomic mass is 10.1. The molecule has 0 spiro atoms. The van der Waals surface area contributed by atoms with Crippen LogP contribution in [-0.2, 0) is 27.5 Å². The maximum atomic E-state index is 14.1. The third-order valence-corrected chi connectivity index (χ3v) is 6.02. The SMILES string of the molecule is CC(=O)c1nn(CC(=O)N(CC(=O)NCc2cccc(Cl)c2F)C2CC2)c2ccc(NC=O)cc12. The molecule has 1 heterocycles. The molecule has 0 atom stereocenters. The van der Waals surface area contributed by atoms with E-state index in [9.17, 15) is 23.6 Å². The Kier molecular flexibility index (Phi) is 7.11. The van der Waals surface area contributed by atoms with Gasteiger partial charge < -0.3 is 15.5 Å².